The summed E-state index contributed by atoms with van der Waals surface area (Å²) in [5.41, 5.74) is 9.47. The van der Waals surface area contributed by atoms with Crippen molar-refractivity contribution in [3.8, 4) is 5.75 Å². The molecule has 1 aromatic heterocycles. The van der Waals surface area contributed by atoms with E-state index in [1.807, 2.05) is 48.5 Å². The summed E-state index contributed by atoms with van der Waals surface area (Å²) in [5.74, 6) is 0.837. The number of nitrogens with two attached hydrogens (primary N) is 1. The maximum atomic E-state index is 6.34. The van der Waals surface area contributed by atoms with Crippen LogP contribution in [-0.4, -0.2) is 12.1 Å². The van der Waals surface area contributed by atoms with E-state index >= 15 is 0 Å². The first kappa shape index (κ1) is 12.6. The molecule has 3 heteroatoms. The molecule has 3 aromatic rings. The van der Waals surface area contributed by atoms with Crippen LogP contribution in [-0.2, 0) is 0 Å². The molecule has 2 N–H and O–H groups in total. The summed E-state index contributed by atoms with van der Waals surface area (Å²) < 4.78 is 5.16. The first-order valence-electron chi connectivity index (χ1n) is 6.52. The minimum absolute atomic E-state index is 0.148. The van der Waals surface area contributed by atoms with Crippen LogP contribution in [0.5, 0.6) is 5.75 Å². The Morgan fingerprint density at radius 1 is 1.00 bits per heavy atom. The molecule has 0 aliphatic heterocycles. The molecule has 0 amide bonds. The van der Waals surface area contributed by atoms with Gasteiger partial charge in [-0.3, -0.25) is 4.98 Å². The van der Waals surface area contributed by atoms with Gasteiger partial charge in [-0.15, -0.1) is 0 Å². The van der Waals surface area contributed by atoms with Gasteiger partial charge in [0.15, 0.2) is 0 Å². The highest BCUT2D eigenvalue weighted by Gasteiger charge is 2.09. The van der Waals surface area contributed by atoms with Crippen LogP contribution in [0.2, 0.25) is 0 Å². The number of methoxy groups -OCH3 is 1. The maximum Gasteiger partial charge on any atom is 0.118 e. The van der Waals surface area contributed by atoms with E-state index in [1.165, 1.54) is 0 Å². The van der Waals surface area contributed by atoms with E-state index in [4.69, 9.17) is 10.5 Å². The van der Waals surface area contributed by atoms with Gasteiger partial charge in [0.1, 0.15) is 5.75 Å². The van der Waals surface area contributed by atoms with E-state index in [0.717, 1.165) is 27.8 Å². The predicted octanol–water partition coefficient (Wildman–Crippen LogP) is 3.29. The lowest BCUT2D eigenvalue weighted by molar-refractivity contribution is 0.414. The molecule has 1 atom stereocenters. The summed E-state index contributed by atoms with van der Waals surface area (Å²) in [6.45, 7) is 0. The lowest BCUT2D eigenvalue weighted by Gasteiger charge is -2.13. The SMILES string of the molecule is COc1ccc(C(N)c2ccc3ncccc3c2)cc1. The van der Waals surface area contributed by atoms with E-state index in [1.54, 1.807) is 13.3 Å². The Morgan fingerprint density at radius 2 is 1.75 bits per heavy atom. The summed E-state index contributed by atoms with van der Waals surface area (Å²) in [6.07, 6.45) is 1.80. The Kier molecular flexibility index (Phi) is 3.35. The van der Waals surface area contributed by atoms with E-state index in [2.05, 4.69) is 11.1 Å². The van der Waals surface area contributed by atoms with Crippen molar-refractivity contribution in [1.82, 2.24) is 4.98 Å². The Morgan fingerprint density at radius 3 is 2.50 bits per heavy atom. The molecule has 2 aromatic carbocycles. The largest absolute Gasteiger partial charge is 0.497 e. The summed E-state index contributed by atoms with van der Waals surface area (Å²) in [7, 11) is 1.66. The van der Waals surface area contributed by atoms with Crippen molar-refractivity contribution in [1.29, 1.82) is 0 Å². The van der Waals surface area contributed by atoms with E-state index in [0.29, 0.717) is 0 Å². The number of benzene rings is 2. The molecule has 0 spiro atoms. The van der Waals surface area contributed by atoms with Crippen LogP contribution in [0, 0.1) is 0 Å². The van der Waals surface area contributed by atoms with Crippen molar-refractivity contribution < 1.29 is 4.74 Å². The second kappa shape index (κ2) is 5.31. The number of ether oxygens (including phenoxy) is 1. The van der Waals surface area contributed by atoms with Gasteiger partial charge in [-0.1, -0.05) is 24.3 Å². The molecular formula is C17H16N2O. The molecule has 1 unspecified atom stereocenters. The highest BCUT2D eigenvalue weighted by atomic mass is 16.5. The fourth-order valence-electron chi connectivity index (χ4n) is 2.29. The Balaban J connectivity index is 1.96. The molecule has 100 valence electrons. The molecule has 20 heavy (non-hydrogen) atoms. The minimum Gasteiger partial charge on any atom is -0.497 e. The molecule has 0 radical (unpaired) electrons. The van der Waals surface area contributed by atoms with Crippen molar-refractivity contribution in [3.63, 3.8) is 0 Å². The van der Waals surface area contributed by atoms with Crippen LogP contribution in [0.3, 0.4) is 0 Å². The summed E-state index contributed by atoms with van der Waals surface area (Å²) >= 11 is 0. The van der Waals surface area contributed by atoms with E-state index in [9.17, 15) is 0 Å². The highest BCUT2D eigenvalue weighted by Crippen LogP contribution is 2.24. The minimum atomic E-state index is -0.148. The Labute approximate surface area is 118 Å². The third kappa shape index (κ3) is 2.36. The zero-order chi connectivity index (χ0) is 13.9. The molecule has 0 fully saturated rings. The first-order chi connectivity index (χ1) is 9.78. The fraction of sp³-hybridized carbons (Fsp3) is 0.118. The maximum absolute atomic E-state index is 6.34. The van der Waals surface area contributed by atoms with Gasteiger partial charge in [0.25, 0.3) is 0 Å². The zero-order valence-electron chi connectivity index (χ0n) is 11.3. The van der Waals surface area contributed by atoms with Crippen molar-refractivity contribution in [2.24, 2.45) is 5.73 Å². The van der Waals surface area contributed by atoms with Crippen LogP contribution in [0.15, 0.2) is 60.8 Å². The molecule has 0 saturated heterocycles. The van der Waals surface area contributed by atoms with Crippen LogP contribution >= 0.6 is 0 Å². The lowest BCUT2D eigenvalue weighted by atomic mass is 9.98. The third-order valence-corrected chi connectivity index (χ3v) is 3.46. The van der Waals surface area contributed by atoms with Crippen molar-refractivity contribution in [3.05, 3.63) is 71.9 Å². The van der Waals surface area contributed by atoms with Crippen molar-refractivity contribution >= 4 is 10.9 Å². The molecule has 3 rings (SSSR count). The number of fused-ring (bicyclic) bond motifs is 1. The fourth-order valence-corrected chi connectivity index (χ4v) is 2.29. The Bertz CT molecular complexity index is 722. The zero-order valence-corrected chi connectivity index (χ0v) is 11.3. The predicted molar refractivity (Wildman–Crippen MR) is 80.8 cm³/mol. The Hall–Kier alpha value is -2.39. The molecule has 0 saturated carbocycles. The smallest absolute Gasteiger partial charge is 0.118 e. The number of hydrogen-bond donors (Lipinski definition) is 1. The van der Waals surface area contributed by atoms with Crippen molar-refractivity contribution in [2.45, 2.75) is 6.04 Å². The second-order valence-corrected chi connectivity index (χ2v) is 4.71. The van der Waals surface area contributed by atoms with Gasteiger partial charge in [0.2, 0.25) is 0 Å². The van der Waals surface area contributed by atoms with Crippen LogP contribution in [0.1, 0.15) is 17.2 Å². The van der Waals surface area contributed by atoms with Crippen LogP contribution in [0.25, 0.3) is 10.9 Å². The number of aromatic nitrogens is 1. The summed E-state index contributed by atoms with van der Waals surface area (Å²) in [5, 5.41) is 1.11. The highest BCUT2D eigenvalue weighted by molar-refractivity contribution is 5.79. The summed E-state index contributed by atoms with van der Waals surface area (Å²) in [4.78, 5) is 4.32. The van der Waals surface area contributed by atoms with Crippen molar-refractivity contribution in [2.75, 3.05) is 7.11 Å². The average molecular weight is 264 g/mol. The quantitative estimate of drug-likeness (QED) is 0.789. The summed E-state index contributed by atoms with van der Waals surface area (Å²) in [6, 6.07) is 17.8. The van der Waals surface area contributed by atoms with Gasteiger partial charge in [-0.05, 0) is 41.5 Å². The lowest BCUT2D eigenvalue weighted by Crippen LogP contribution is -2.11. The average Bonchev–Trinajstić information content (AvgIpc) is 2.54. The van der Waals surface area contributed by atoms with E-state index in [-0.39, 0.29) is 6.04 Å². The topological polar surface area (TPSA) is 48.1 Å². The van der Waals surface area contributed by atoms with Gasteiger partial charge in [-0.2, -0.15) is 0 Å². The first-order valence-corrected chi connectivity index (χ1v) is 6.52. The van der Waals surface area contributed by atoms with Gasteiger partial charge >= 0.3 is 0 Å². The van der Waals surface area contributed by atoms with Gasteiger partial charge in [0.05, 0.1) is 18.7 Å². The molecule has 1 heterocycles. The van der Waals surface area contributed by atoms with Gasteiger partial charge < -0.3 is 10.5 Å². The molecular weight excluding hydrogens is 248 g/mol. The molecule has 0 bridgehead atoms. The number of pyridine rings is 1. The van der Waals surface area contributed by atoms with Gasteiger partial charge in [-0.25, -0.2) is 0 Å². The molecule has 0 aliphatic rings. The molecule has 0 aliphatic carbocycles. The monoisotopic (exact) mass is 264 g/mol. The van der Waals surface area contributed by atoms with Crippen LogP contribution < -0.4 is 10.5 Å². The standard InChI is InChI=1S/C17H16N2O/c1-20-15-7-4-12(5-8-15)17(18)14-6-9-16-13(11-14)3-2-10-19-16/h2-11,17H,18H2,1H3. The second-order valence-electron chi connectivity index (χ2n) is 4.71. The number of hydrogen-bond acceptors (Lipinski definition) is 3. The van der Waals surface area contributed by atoms with Crippen LogP contribution in [0.4, 0.5) is 0 Å². The normalized spacial score (nSPS) is 12.3. The number of nitrogens with zero attached hydrogens (tertiary/aromatic N) is 1. The third-order valence-electron chi connectivity index (χ3n) is 3.46. The number of rotatable bonds is 3. The van der Waals surface area contributed by atoms with Gasteiger partial charge in [0, 0.05) is 11.6 Å². The van der Waals surface area contributed by atoms with E-state index < -0.39 is 0 Å². The molecule has 3 nitrogen and oxygen atoms in total.